The zero-order valence-corrected chi connectivity index (χ0v) is 11.7. The minimum Gasteiger partial charge on any atom is -0.480 e. The molecule has 1 fully saturated rings. The molecule has 0 saturated carbocycles. The molecule has 2 atom stereocenters. The Hall–Kier alpha value is -1.10. The number of hydrogen-bond donors (Lipinski definition) is 3. The molecule has 1 heterocycles. The third-order valence-corrected chi connectivity index (χ3v) is 3.79. The predicted octanol–water partition coefficient (Wildman–Crippen LogP) is 0.992. The lowest BCUT2D eigenvalue weighted by atomic mass is 9.81. The largest absolute Gasteiger partial charge is 0.480 e. The quantitative estimate of drug-likeness (QED) is 0.701. The number of amides is 1. The Morgan fingerprint density at radius 1 is 1.44 bits per heavy atom. The first-order valence-corrected chi connectivity index (χ1v) is 6.47. The molecule has 1 aliphatic heterocycles. The second-order valence-corrected chi connectivity index (χ2v) is 6.17. The second kappa shape index (κ2) is 5.26. The predicted molar refractivity (Wildman–Crippen MR) is 69.2 cm³/mol. The van der Waals surface area contributed by atoms with Crippen LogP contribution in [0.3, 0.4) is 0 Å². The Kier molecular flexibility index (Phi) is 4.37. The van der Waals surface area contributed by atoms with E-state index in [-0.39, 0.29) is 5.91 Å². The van der Waals surface area contributed by atoms with Crippen LogP contribution in [0.4, 0.5) is 0 Å². The summed E-state index contributed by atoms with van der Waals surface area (Å²) in [6, 6.07) is -0.853. The molecule has 0 aromatic carbocycles. The van der Waals surface area contributed by atoms with Gasteiger partial charge in [0.15, 0.2) is 0 Å². The highest BCUT2D eigenvalue weighted by atomic mass is 16.4. The third-order valence-electron chi connectivity index (χ3n) is 3.79. The van der Waals surface area contributed by atoms with Crippen LogP contribution < -0.4 is 10.6 Å². The van der Waals surface area contributed by atoms with E-state index in [9.17, 15) is 14.7 Å². The third kappa shape index (κ3) is 3.02. The number of aliphatic carboxylic acids is 1. The van der Waals surface area contributed by atoms with E-state index in [1.54, 1.807) is 0 Å². The van der Waals surface area contributed by atoms with Gasteiger partial charge < -0.3 is 15.7 Å². The van der Waals surface area contributed by atoms with Crippen molar-refractivity contribution < 1.29 is 14.7 Å². The normalized spacial score (nSPS) is 25.8. The summed E-state index contributed by atoms with van der Waals surface area (Å²) in [5.41, 5.74) is -0.943. The SMILES string of the molecule is CCC1(C(=O)N[C@@H](C(=O)O)C(C)(C)C)CCNC1. The van der Waals surface area contributed by atoms with Crippen LogP contribution in [0, 0.1) is 10.8 Å². The molecule has 1 rings (SSSR count). The Labute approximate surface area is 108 Å². The molecule has 5 heteroatoms. The van der Waals surface area contributed by atoms with Crippen molar-refractivity contribution in [2.75, 3.05) is 13.1 Å². The van der Waals surface area contributed by atoms with Gasteiger partial charge in [0.05, 0.1) is 5.41 Å². The fraction of sp³-hybridized carbons (Fsp3) is 0.846. The minimum absolute atomic E-state index is 0.141. The Morgan fingerprint density at radius 2 is 2.06 bits per heavy atom. The van der Waals surface area contributed by atoms with Crippen LogP contribution in [0.5, 0.6) is 0 Å². The molecule has 0 radical (unpaired) electrons. The van der Waals surface area contributed by atoms with Crippen LogP contribution in [0.2, 0.25) is 0 Å². The van der Waals surface area contributed by atoms with Crippen LogP contribution in [-0.2, 0) is 9.59 Å². The molecule has 1 saturated heterocycles. The molecule has 18 heavy (non-hydrogen) atoms. The summed E-state index contributed by atoms with van der Waals surface area (Å²) in [5.74, 6) is -1.12. The van der Waals surface area contributed by atoms with Gasteiger partial charge in [0.25, 0.3) is 0 Å². The maximum Gasteiger partial charge on any atom is 0.326 e. The molecule has 0 bridgehead atoms. The van der Waals surface area contributed by atoms with Crippen molar-refractivity contribution in [3.05, 3.63) is 0 Å². The molecule has 3 N–H and O–H groups in total. The smallest absolute Gasteiger partial charge is 0.326 e. The lowest BCUT2D eigenvalue weighted by Crippen LogP contribution is -2.54. The maximum absolute atomic E-state index is 12.3. The highest BCUT2D eigenvalue weighted by molar-refractivity contribution is 5.88. The summed E-state index contributed by atoms with van der Waals surface area (Å²) in [6.45, 7) is 8.87. The van der Waals surface area contributed by atoms with Gasteiger partial charge in [-0.2, -0.15) is 0 Å². The lowest BCUT2D eigenvalue weighted by Gasteiger charge is -2.32. The molecular weight excluding hydrogens is 232 g/mol. The highest BCUT2D eigenvalue weighted by Crippen LogP contribution is 2.30. The van der Waals surface area contributed by atoms with Gasteiger partial charge in [0, 0.05) is 6.54 Å². The minimum atomic E-state index is -0.979. The van der Waals surface area contributed by atoms with Crippen LogP contribution in [0.1, 0.15) is 40.5 Å². The number of nitrogens with one attached hydrogen (secondary N) is 2. The van der Waals surface area contributed by atoms with Crippen LogP contribution in [0.25, 0.3) is 0 Å². The van der Waals surface area contributed by atoms with E-state index in [1.807, 2.05) is 27.7 Å². The van der Waals surface area contributed by atoms with Crippen LogP contribution in [0.15, 0.2) is 0 Å². The van der Waals surface area contributed by atoms with E-state index < -0.39 is 22.8 Å². The summed E-state index contributed by atoms with van der Waals surface area (Å²) in [7, 11) is 0. The molecular formula is C13H24N2O3. The van der Waals surface area contributed by atoms with E-state index in [0.717, 1.165) is 19.4 Å². The summed E-state index contributed by atoms with van der Waals surface area (Å²) in [6.07, 6.45) is 1.49. The van der Waals surface area contributed by atoms with E-state index in [2.05, 4.69) is 10.6 Å². The maximum atomic E-state index is 12.3. The number of rotatable bonds is 4. The second-order valence-electron chi connectivity index (χ2n) is 6.17. The van der Waals surface area contributed by atoms with Crippen molar-refractivity contribution in [3.63, 3.8) is 0 Å². The molecule has 0 aromatic heterocycles. The van der Waals surface area contributed by atoms with E-state index in [1.165, 1.54) is 0 Å². The van der Waals surface area contributed by atoms with Gasteiger partial charge in [0.1, 0.15) is 6.04 Å². The fourth-order valence-electron chi connectivity index (χ4n) is 2.33. The molecule has 1 amide bonds. The molecule has 0 aromatic rings. The van der Waals surface area contributed by atoms with E-state index in [4.69, 9.17) is 0 Å². The van der Waals surface area contributed by atoms with Gasteiger partial charge in [-0.1, -0.05) is 27.7 Å². The fourth-order valence-corrected chi connectivity index (χ4v) is 2.33. The number of carboxylic acid groups (broad SMARTS) is 1. The van der Waals surface area contributed by atoms with Gasteiger partial charge in [-0.25, -0.2) is 4.79 Å². The molecule has 5 nitrogen and oxygen atoms in total. The topological polar surface area (TPSA) is 78.4 Å². The molecule has 1 aliphatic rings. The van der Waals surface area contributed by atoms with E-state index in [0.29, 0.717) is 6.54 Å². The summed E-state index contributed by atoms with van der Waals surface area (Å²) >= 11 is 0. The van der Waals surface area contributed by atoms with E-state index >= 15 is 0 Å². The average Bonchev–Trinajstić information content (AvgIpc) is 2.73. The first-order chi connectivity index (χ1) is 8.23. The van der Waals surface area contributed by atoms with Crippen LogP contribution in [-0.4, -0.2) is 36.1 Å². The Bertz CT molecular complexity index is 328. The lowest BCUT2D eigenvalue weighted by molar-refractivity contribution is -0.146. The van der Waals surface area contributed by atoms with Crippen molar-refractivity contribution >= 4 is 11.9 Å². The highest BCUT2D eigenvalue weighted by Gasteiger charge is 2.42. The molecule has 1 unspecified atom stereocenters. The van der Waals surface area contributed by atoms with Crippen molar-refractivity contribution in [3.8, 4) is 0 Å². The molecule has 104 valence electrons. The number of hydrogen-bond acceptors (Lipinski definition) is 3. The molecule has 0 spiro atoms. The Balaban J connectivity index is 2.81. The number of carbonyl (C=O) groups excluding carboxylic acids is 1. The first kappa shape index (κ1) is 15.0. The van der Waals surface area contributed by atoms with Crippen LogP contribution >= 0.6 is 0 Å². The van der Waals surface area contributed by atoms with Gasteiger partial charge in [0.2, 0.25) is 5.91 Å². The van der Waals surface area contributed by atoms with Crippen molar-refractivity contribution in [2.45, 2.75) is 46.6 Å². The number of carbonyl (C=O) groups is 2. The zero-order valence-electron chi connectivity index (χ0n) is 11.7. The van der Waals surface area contributed by atoms with Crippen molar-refractivity contribution in [1.29, 1.82) is 0 Å². The summed E-state index contributed by atoms with van der Waals surface area (Å²) < 4.78 is 0. The van der Waals surface area contributed by atoms with Gasteiger partial charge in [-0.05, 0) is 24.8 Å². The Morgan fingerprint density at radius 3 is 2.39 bits per heavy atom. The summed E-state index contributed by atoms with van der Waals surface area (Å²) in [5, 5.41) is 15.1. The van der Waals surface area contributed by atoms with Gasteiger partial charge >= 0.3 is 5.97 Å². The number of carboxylic acids is 1. The van der Waals surface area contributed by atoms with Crippen molar-refractivity contribution in [1.82, 2.24) is 10.6 Å². The average molecular weight is 256 g/mol. The summed E-state index contributed by atoms with van der Waals surface area (Å²) in [4.78, 5) is 23.6. The van der Waals surface area contributed by atoms with Gasteiger partial charge in [-0.3, -0.25) is 4.79 Å². The monoisotopic (exact) mass is 256 g/mol. The first-order valence-electron chi connectivity index (χ1n) is 6.47. The van der Waals surface area contributed by atoms with Crippen molar-refractivity contribution in [2.24, 2.45) is 10.8 Å². The molecule has 0 aliphatic carbocycles. The van der Waals surface area contributed by atoms with Gasteiger partial charge in [-0.15, -0.1) is 0 Å². The zero-order chi connectivity index (χ0) is 14.0. The standard InChI is InChI=1S/C13H24N2O3/c1-5-13(6-7-14-8-13)11(18)15-9(10(16)17)12(2,3)4/h9,14H,5-8H2,1-4H3,(H,15,18)(H,16,17)/t9-,13?/m0/s1.